The molecule has 1 saturated heterocycles. The summed E-state index contributed by atoms with van der Waals surface area (Å²) in [5, 5.41) is 1.83. The van der Waals surface area contributed by atoms with Crippen LogP contribution in [0.3, 0.4) is 0 Å². The molecule has 1 aliphatic heterocycles. The van der Waals surface area contributed by atoms with Gasteiger partial charge >= 0.3 is 12.1 Å². The van der Waals surface area contributed by atoms with Gasteiger partial charge in [-0.25, -0.2) is 8.78 Å². The Labute approximate surface area is 341 Å². The minimum absolute atomic E-state index is 0.0323. The highest BCUT2D eigenvalue weighted by Gasteiger charge is 2.68. The Morgan fingerprint density at radius 3 is 1.86 bits per heavy atom. The fourth-order valence-corrected chi connectivity index (χ4v) is 9.39. The first kappa shape index (κ1) is 51.0. The number of alkyl halides is 5. The van der Waals surface area contributed by atoms with E-state index in [4.69, 9.17) is 15.3 Å². The van der Waals surface area contributed by atoms with E-state index in [1.165, 1.54) is 5.56 Å². The Morgan fingerprint density at radius 2 is 1.40 bits per heavy atom. The molecule has 0 saturated carbocycles. The maximum absolute atomic E-state index is 15.7. The van der Waals surface area contributed by atoms with Crippen molar-refractivity contribution in [1.29, 1.82) is 0 Å². The number of Topliss-reactive ketones (excluding diaryl/α,β-unsaturated/α-hetero) is 1. The monoisotopic (exact) mass is 817 g/mol. The van der Waals surface area contributed by atoms with Gasteiger partial charge in [0.2, 0.25) is 0 Å². The molecule has 1 aromatic carbocycles. The van der Waals surface area contributed by atoms with Gasteiger partial charge < -0.3 is 10.5 Å². The summed E-state index contributed by atoms with van der Waals surface area (Å²) in [6.45, 7) is 31.2. The van der Waals surface area contributed by atoms with Gasteiger partial charge in [-0.1, -0.05) is 113 Å². The third kappa shape index (κ3) is 9.45. The normalized spacial score (nSPS) is 24.3. The van der Waals surface area contributed by atoms with Crippen LogP contribution in [-0.4, -0.2) is 58.7 Å². The van der Waals surface area contributed by atoms with Crippen LogP contribution < -0.4 is 5.73 Å². The van der Waals surface area contributed by atoms with Gasteiger partial charge in [0.15, 0.2) is 0 Å². The molecule has 0 aliphatic carbocycles. The van der Waals surface area contributed by atoms with Crippen LogP contribution in [-0.2, 0) is 19.2 Å². The topological polar surface area (TPSA) is 81.9 Å². The summed E-state index contributed by atoms with van der Waals surface area (Å²) in [5.41, 5.74) is -2.54. The summed E-state index contributed by atoms with van der Waals surface area (Å²) in [4.78, 5) is 35.3. The molecule has 0 aromatic heterocycles. The molecule has 0 amide bonds. The highest BCUT2D eigenvalue weighted by molar-refractivity contribution is 5.84. The molecule has 6 atom stereocenters. The number of halogens is 5. The number of carbonyl (C=O) groups is 2. The first-order valence-electron chi connectivity index (χ1n) is 20.8. The lowest BCUT2D eigenvalue weighted by atomic mass is 9.51. The van der Waals surface area contributed by atoms with Crippen LogP contribution in [0.15, 0.2) is 30.3 Å². The molecule has 330 valence electrons. The van der Waals surface area contributed by atoms with Crippen LogP contribution in [0.2, 0.25) is 0 Å². The highest BCUT2D eigenvalue weighted by atomic mass is 19.4. The third-order valence-electron chi connectivity index (χ3n) is 15.6. The highest BCUT2D eigenvalue weighted by Crippen LogP contribution is 2.59. The van der Waals surface area contributed by atoms with E-state index in [1.807, 2.05) is 64.8 Å². The predicted octanol–water partition coefficient (Wildman–Crippen LogP) is 12.2. The number of ether oxygens (including phenoxy) is 1. The van der Waals surface area contributed by atoms with E-state index in [2.05, 4.69) is 53.7 Å². The van der Waals surface area contributed by atoms with E-state index in [1.54, 1.807) is 13.8 Å². The summed E-state index contributed by atoms with van der Waals surface area (Å²) < 4.78 is 79.0. The number of piperidine rings is 1. The third-order valence-corrected chi connectivity index (χ3v) is 15.6. The van der Waals surface area contributed by atoms with Gasteiger partial charge in [0.1, 0.15) is 11.2 Å². The lowest BCUT2D eigenvalue weighted by molar-refractivity contribution is -0.352. The standard InChI is InChI=1S/C46H77F5N2O4/c1-19-44(18)32(4)34(54)28-43(17,29-52)53(44)57-41(13,14)35(36(55)56-26-25-38(7,8)45(47,48)42(15,16)46(49,50)51)40(11,12)39(9,10)30(2)27-37(5,6)31(3)33-23-21-20-22-24-33/h20-24,30-32,35H,19,25-29,52H2,1-18H3. The Kier molecular flexibility index (Phi) is 15.0. The van der Waals surface area contributed by atoms with Gasteiger partial charge in [0, 0.05) is 24.3 Å². The average molecular weight is 817 g/mol. The molecule has 1 aliphatic rings. The van der Waals surface area contributed by atoms with Crippen molar-refractivity contribution in [3.8, 4) is 0 Å². The number of carbonyl (C=O) groups excluding carboxylic acids is 2. The van der Waals surface area contributed by atoms with Crippen LogP contribution in [0.5, 0.6) is 0 Å². The maximum atomic E-state index is 15.7. The minimum Gasteiger partial charge on any atom is -0.465 e. The lowest BCUT2D eigenvalue weighted by Crippen LogP contribution is -2.71. The van der Waals surface area contributed by atoms with Crippen molar-refractivity contribution < 1.29 is 41.1 Å². The first-order chi connectivity index (χ1) is 25.4. The summed E-state index contributed by atoms with van der Waals surface area (Å²) in [6, 6.07) is 10.3. The molecule has 2 N–H and O–H groups in total. The number of hydroxylamine groups is 2. The fourth-order valence-electron chi connectivity index (χ4n) is 9.39. The number of hydrogen-bond acceptors (Lipinski definition) is 6. The number of hydrogen-bond donors (Lipinski definition) is 1. The van der Waals surface area contributed by atoms with E-state index in [-0.39, 0.29) is 36.0 Å². The molecule has 1 fully saturated rings. The van der Waals surface area contributed by atoms with Gasteiger partial charge in [0.05, 0.1) is 29.2 Å². The molecule has 11 heteroatoms. The van der Waals surface area contributed by atoms with Crippen LogP contribution in [0.1, 0.15) is 162 Å². The van der Waals surface area contributed by atoms with E-state index in [0.29, 0.717) is 20.3 Å². The molecule has 0 spiro atoms. The predicted molar refractivity (Wildman–Crippen MR) is 220 cm³/mol. The quantitative estimate of drug-likeness (QED) is 0.117. The Morgan fingerprint density at radius 1 is 0.895 bits per heavy atom. The van der Waals surface area contributed by atoms with Gasteiger partial charge in [-0.15, -0.1) is 0 Å². The van der Waals surface area contributed by atoms with Crippen LogP contribution in [0, 0.1) is 44.8 Å². The lowest BCUT2D eigenvalue weighted by Gasteiger charge is -2.60. The molecule has 6 nitrogen and oxygen atoms in total. The minimum atomic E-state index is -5.17. The molecular weight excluding hydrogens is 740 g/mol. The van der Waals surface area contributed by atoms with E-state index in [9.17, 15) is 22.8 Å². The van der Waals surface area contributed by atoms with Gasteiger partial charge in [-0.3, -0.25) is 14.4 Å². The Balaban J connectivity index is 2.68. The SMILES string of the molecule is CCC1(C)C(C)C(=O)CC(C)(CN)N1OC(C)(C)C(C(=O)OCCC(C)(C)C(F)(F)C(C)(C)C(F)(F)F)C(C)(C)C(C)(C)C(C)CC(C)(C)C(C)c1ccccc1. The van der Waals surface area contributed by atoms with Crippen molar-refractivity contribution in [2.24, 2.45) is 50.6 Å². The number of benzene rings is 1. The summed E-state index contributed by atoms with van der Waals surface area (Å²) in [6.07, 6.45) is -4.21. The van der Waals surface area contributed by atoms with Crippen LogP contribution in [0.4, 0.5) is 22.0 Å². The number of nitrogens with two attached hydrogens (primary N) is 1. The van der Waals surface area contributed by atoms with Gasteiger partial charge in [-0.05, 0) is 94.4 Å². The number of esters is 1. The van der Waals surface area contributed by atoms with Crippen molar-refractivity contribution in [2.45, 2.75) is 185 Å². The fraction of sp³-hybridized carbons (Fsp3) is 0.826. The summed E-state index contributed by atoms with van der Waals surface area (Å²) in [5.74, 6) is -6.01. The summed E-state index contributed by atoms with van der Waals surface area (Å²) in [7, 11) is 0. The van der Waals surface area contributed by atoms with Crippen molar-refractivity contribution >= 4 is 11.8 Å². The molecule has 1 aromatic rings. The first-order valence-corrected chi connectivity index (χ1v) is 20.8. The second-order valence-corrected chi connectivity index (χ2v) is 21.4. The van der Waals surface area contributed by atoms with Crippen molar-refractivity contribution in [3.05, 3.63) is 35.9 Å². The molecule has 0 bridgehead atoms. The van der Waals surface area contributed by atoms with E-state index < -0.39 is 81.3 Å². The molecule has 57 heavy (non-hydrogen) atoms. The van der Waals surface area contributed by atoms with Crippen molar-refractivity contribution in [2.75, 3.05) is 13.2 Å². The zero-order chi connectivity index (χ0) is 44.8. The number of rotatable bonds is 18. The molecular formula is C46H77F5N2O4. The number of ketones is 1. The molecule has 6 unspecified atom stereocenters. The Bertz CT molecular complexity index is 1540. The average Bonchev–Trinajstić information content (AvgIpc) is 3.08. The molecule has 1 heterocycles. The van der Waals surface area contributed by atoms with Gasteiger partial charge in [0.25, 0.3) is 5.92 Å². The van der Waals surface area contributed by atoms with E-state index in [0.717, 1.165) is 20.3 Å². The molecule has 0 radical (unpaired) electrons. The smallest absolute Gasteiger partial charge is 0.399 e. The number of nitrogens with zero attached hydrogens (tertiary/aromatic N) is 1. The van der Waals surface area contributed by atoms with E-state index >= 15 is 8.78 Å². The zero-order valence-corrected chi connectivity index (χ0v) is 38.5. The van der Waals surface area contributed by atoms with Crippen molar-refractivity contribution in [3.63, 3.8) is 0 Å². The maximum Gasteiger partial charge on any atom is 0.399 e. The van der Waals surface area contributed by atoms with Crippen molar-refractivity contribution in [1.82, 2.24) is 5.06 Å². The zero-order valence-electron chi connectivity index (χ0n) is 38.5. The summed E-state index contributed by atoms with van der Waals surface area (Å²) >= 11 is 0. The molecule has 2 rings (SSSR count). The van der Waals surface area contributed by atoms with Crippen LogP contribution >= 0.6 is 0 Å². The van der Waals surface area contributed by atoms with Gasteiger partial charge in [-0.2, -0.15) is 18.2 Å². The second-order valence-electron chi connectivity index (χ2n) is 21.4. The second kappa shape index (κ2) is 16.7. The Hall–Kier alpha value is -2.11. The van der Waals surface area contributed by atoms with Crippen LogP contribution in [0.25, 0.3) is 0 Å². The largest absolute Gasteiger partial charge is 0.465 e.